The first-order valence-electron chi connectivity index (χ1n) is 9.39. The van der Waals surface area contributed by atoms with Crippen LogP contribution in [0.25, 0.3) is 11.3 Å². The molecule has 0 aliphatic rings. The molecule has 0 aliphatic heterocycles. The number of thioether (sulfide) groups is 1. The SMILES string of the molecule is CCc1ccc(-c2csc(=Nc3ccc(SC(F)F)cc3)n2[C@@H](C)COC)cc1. The van der Waals surface area contributed by atoms with Crippen molar-refractivity contribution in [2.24, 2.45) is 4.99 Å². The van der Waals surface area contributed by atoms with E-state index in [1.54, 1.807) is 42.7 Å². The lowest BCUT2D eigenvalue weighted by atomic mass is 10.1. The number of rotatable bonds is 8. The van der Waals surface area contributed by atoms with Gasteiger partial charge in [-0.05, 0) is 48.7 Å². The Balaban J connectivity index is 2.01. The zero-order valence-electron chi connectivity index (χ0n) is 16.6. The van der Waals surface area contributed by atoms with E-state index in [0.29, 0.717) is 23.3 Å². The van der Waals surface area contributed by atoms with E-state index in [0.717, 1.165) is 28.2 Å². The molecule has 3 rings (SSSR count). The quantitative estimate of drug-likeness (QED) is 0.377. The van der Waals surface area contributed by atoms with Crippen LogP contribution in [0.1, 0.15) is 25.5 Å². The van der Waals surface area contributed by atoms with Gasteiger partial charge in [-0.25, -0.2) is 4.99 Å². The van der Waals surface area contributed by atoms with E-state index in [1.165, 1.54) is 5.56 Å². The molecule has 0 saturated carbocycles. The molecule has 3 aromatic rings. The van der Waals surface area contributed by atoms with Gasteiger partial charge in [-0.3, -0.25) is 0 Å². The Morgan fingerprint density at radius 3 is 2.38 bits per heavy atom. The highest BCUT2D eigenvalue weighted by atomic mass is 32.2. The average molecular weight is 435 g/mol. The number of benzene rings is 2. The summed E-state index contributed by atoms with van der Waals surface area (Å²) in [6.45, 7) is 4.80. The number of hydrogen-bond donors (Lipinski definition) is 0. The van der Waals surface area contributed by atoms with Crippen LogP contribution in [-0.2, 0) is 11.2 Å². The average Bonchev–Trinajstić information content (AvgIpc) is 3.13. The number of hydrogen-bond acceptors (Lipinski definition) is 4. The lowest BCUT2D eigenvalue weighted by molar-refractivity contribution is 0.162. The van der Waals surface area contributed by atoms with E-state index in [-0.39, 0.29) is 6.04 Å². The third-order valence-electron chi connectivity index (χ3n) is 4.53. The van der Waals surface area contributed by atoms with Crippen LogP contribution in [0.3, 0.4) is 0 Å². The van der Waals surface area contributed by atoms with Gasteiger partial charge in [0.15, 0.2) is 4.80 Å². The molecule has 29 heavy (non-hydrogen) atoms. The summed E-state index contributed by atoms with van der Waals surface area (Å²) in [4.78, 5) is 6.15. The number of methoxy groups -OCH3 is 1. The Labute approximate surface area is 178 Å². The van der Waals surface area contributed by atoms with E-state index < -0.39 is 5.76 Å². The van der Waals surface area contributed by atoms with Crippen molar-refractivity contribution >= 4 is 28.8 Å². The molecular formula is C22H24F2N2OS2. The number of ether oxygens (including phenoxy) is 1. The molecule has 0 spiro atoms. The minimum Gasteiger partial charge on any atom is -0.383 e. The molecule has 0 bridgehead atoms. The highest BCUT2D eigenvalue weighted by Crippen LogP contribution is 2.28. The number of thiazole rings is 1. The van der Waals surface area contributed by atoms with Crippen LogP contribution < -0.4 is 4.80 Å². The summed E-state index contributed by atoms with van der Waals surface area (Å²) in [7, 11) is 1.69. The summed E-state index contributed by atoms with van der Waals surface area (Å²) in [6.07, 6.45) is 1.00. The second-order valence-electron chi connectivity index (χ2n) is 6.61. The first-order chi connectivity index (χ1) is 14.0. The van der Waals surface area contributed by atoms with Crippen LogP contribution in [0.15, 0.2) is 63.8 Å². The minimum absolute atomic E-state index is 0.0968. The number of alkyl halides is 2. The smallest absolute Gasteiger partial charge is 0.288 e. The van der Waals surface area contributed by atoms with Crippen molar-refractivity contribution in [1.29, 1.82) is 0 Å². The fourth-order valence-electron chi connectivity index (χ4n) is 3.08. The monoisotopic (exact) mass is 434 g/mol. The summed E-state index contributed by atoms with van der Waals surface area (Å²) in [6, 6.07) is 15.6. The van der Waals surface area contributed by atoms with E-state index in [4.69, 9.17) is 9.73 Å². The normalized spacial score (nSPS) is 13.2. The Bertz CT molecular complexity index is 979. The molecule has 0 radical (unpaired) electrons. The lowest BCUT2D eigenvalue weighted by Gasteiger charge is -2.17. The molecule has 3 nitrogen and oxygen atoms in total. The van der Waals surface area contributed by atoms with Crippen LogP contribution in [-0.4, -0.2) is 24.0 Å². The summed E-state index contributed by atoms with van der Waals surface area (Å²) >= 11 is 2.10. The molecule has 1 atom stereocenters. The zero-order valence-corrected chi connectivity index (χ0v) is 18.3. The number of aromatic nitrogens is 1. The standard InChI is InChI=1S/C22H24F2N2OS2/c1-4-16-5-7-17(8-6-16)20-14-28-22(26(20)15(2)13-27-3)25-18-9-11-19(12-10-18)29-21(23)24/h5-12,14-15,21H,4,13H2,1-3H3/t15-/m0/s1. The first kappa shape index (κ1) is 21.7. The Hall–Kier alpha value is -1.96. The minimum atomic E-state index is -2.42. The van der Waals surface area contributed by atoms with Crippen molar-refractivity contribution in [2.45, 2.75) is 37.0 Å². The molecule has 1 aromatic heterocycles. The molecule has 154 valence electrons. The molecule has 0 N–H and O–H groups in total. The number of halogens is 2. The van der Waals surface area contributed by atoms with Gasteiger partial charge >= 0.3 is 0 Å². The topological polar surface area (TPSA) is 26.5 Å². The molecular weight excluding hydrogens is 410 g/mol. The molecule has 7 heteroatoms. The van der Waals surface area contributed by atoms with Gasteiger partial charge in [0.25, 0.3) is 5.76 Å². The van der Waals surface area contributed by atoms with Crippen LogP contribution in [0.5, 0.6) is 0 Å². The highest BCUT2D eigenvalue weighted by molar-refractivity contribution is 7.99. The lowest BCUT2D eigenvalue weighted by Crippen LogP contribution is -2.22. The Kier molecular flexibility index (Phi) is 7.64. The third-order valence-corrected chi connectivity index (χ3v) is 6.10. The molecule has 0 unspecified atom stereocenters. The predicted octanol–water partition coefficient (Wildman–Crippen LogP) is 6.53. The first-order valence-corrected chi connectivity index (χ1v) is 11.2. The number of aryl methyl sites for hydroxylation is 1. The van der Waals surface area contributed by atoms with Crippen LogP contribution >= 0.6 is 23.1 Å². The number of nitrogens with zero attached hydrogens (tertiary/aromatic N) is 2. The molecule has 0 amide bonds. The molecule has 0 aliphatic carbocycles. The van der Waals surface area contributed by atoms with E-state index in [9.17, 15) is 8.78 Å². The predicted molar refractivity (Wildman–Crippen MR) is 117 cm³/mol. The maximum absolute atomic E-state index is 12.5. The van der Waals surface area contributed by atoms with Crippen LogP contribution in [0.4, 0.5) is 14.5 Å². The largest absolute Gasteiger partial charge is 0.383 e. The maximum atomic E-state index is 12.5. The van der Waals surface area contributed by atoms with Gasteiger partial charge < -0.3 is 9.30 Å². The van der Waals surface area contributed by atoms with E-state index >= 15 is 0 Å². The molecule has 0 fully saturated rings. The molecule has 0 saturated heterocycles. The van der Waals surface area contributed by atoms with Gasteiger partial charge in [0.2, 0.25) is 0 Å². The summed E-state index contributed by atoms with van der Waals surface area (Å²) < 4.78 is 32.6. The zero-order chi connectivity index (χ0) is 20.8. The second-order valence-corrected chi connectivity index (χ2v) is 8.51. The highest BCUT2D eigenvalue weighted by Gasteiger charge is 2.14. The van der Waals surface area contributed by atoms with Crippen molar-refractivity contribution in [1.82, 2.24) is 4.57 Å². The van der Waals surface area contributed by atoms with Crippen molar-refractivity contribution in [3.05, 3.63) is 64.3 Å². The van der Waals surface area contributed by atoms with Gasteiger partial charge in [-0.1, -0.05) is 43.0 Å². The molecule has 2 aromatic carbocycles. The van der Waals surface area contributed by atoms with Crippen molar-refractivity contribution in [3.8, 4) is 11.3 Å². The van der Waals surface area contributed by atoms with Gasteiger partial charge in [-0.2, -0.15) is 8.78 Å². The van der Waals surface area contributed by atoms with Gasteiger partial charge in [-0.15, -0.1) is 11.3 Å². The Morgan fingerprint density at radius 1 is 1.10 bits per heavy atom. The van der Waals surface area contributed by atoms with Gasteiger partial charge in [0, 0.05) is 17.4 Å². The van der Waals surface area contributed by atoms with Gasteiger partial charge in [0.05, 0.1) is 24.0 Å². The van der Waals surface area contributed by atoms with Crippen molar-refractivity contribution < 1.29 is 13.5 Å². The Morgan fingerprint density at radius 2 is 1.79 bits per heavy atom. The van der Waals surface area contributed by atoms with Crippen LogP contribution in [0, 0.1) is 0 Å². The van der Waals surface area contributed by atoms with Crippen molar-refractivity contribution in [3.63, 3.8) is 0 Å². The fourth-order valence-corrected chi connectivity index (χ4v) is 4.59. The van der Waals surface area contributed by atoms with Crippen molar-refractivity contribution in [2.75, 3.05) is 13.7 Å². The maximum Gasteiger partial charge on any atom is 0.288 e. The second kappa shape index (κ2) is 10.2. The fraction of sp³-hybridized carbons (Fsp3) is 0.318. The summed E-state index contributed by atoms with van der Waals surface area (Å²) in [5.41, 5.74) is 4.25. The van der Waals surface area contributed by atoms with Gasteiger partial charge in [0.1, 0.15) is 0 Å². The summed E-state index contributed by atoms with van der Waals surface area (Å²) in [5, 5.41) is 2.10. The van der Waals surface area contributed by atoms with E-state index in [2.05, 4.69) is 48.1 Å². The van der Waals surface area contributed by atoms with E-state index in [1.807, 2.05) is 0 Å². The van der Waals surface area contributed by atoms with Crippen LogP contribution in [0.2, 0.25) is 0 Å². The molecule has 1 heterocycles. The third kappa shape index (κ3) is 5.56. The summed E-state index contributed by atoms with van der Waals surface area (Å²) in [5.74, 6) is -2.42.